The minimum atomic E-state index is -1.53. The number of rotatable bonds is 5. The molecule has 9 N–H and O–H groups in total. The summed E-state index contributed by atoms with van der Waals surface area (Å²) in [6, 6.07) is 0. The Morgan fingerprint density at radius 1 is 0.745 bits per heavy atom. The molecule has 0 aromatic heterocycles. The molecule has 1 saturated heterocycles. The number of carbonyl (C=O) groups is 1. The monoisotopic (exact) mass is 670 g/mol. The lowest BCUT2D eigenvalue weighted by Crippen LogP contribution is -2.43. The number of aliphatic hydroxyl groups is 9. The Kier molecular flexibility index (Phi) is 18.0. The van der Waals surface area contributed by atoms with E-state index in [1.807, 2.05) is 6.92 Å². The Bertz CT molecular complexity index is 1030. The zero-order chi connectivity index (χ0) is 35.1. The maximum atomic E-state index is 13.2. The highest BCUT2D eigenvalue weighted by Crippen LogP contribution is 2.42. The fraction of sp³-hybridized carbons (Fsp3) is 0.743. The number of fused-ring (bicyclic) bond motifs is 1. The van der Waals surface area contributed by atoms with E-state index in [2.05, 4.69) is 0 Å². The molecule has 47 heavy (non-hydrogen) atoms. The van der Waals surface area contributed by atoms with Gasteiger partial charge in [0.15, 0.2) is 0 Å². The standard InChI is InChI=1S/C35H58O12/c1-4-5-10-14-29(42)33-30(43)20-26(39)18-24(37)16-23(36)17-25(38)19-27(40)21-31(44)35(3)32(47-35)15-12-9-7-6-8-11-13-28(41)22(2)46-34(33)45/h6-9,11-13,15,22-33,36-44H,4-5,10,14,16-21H2,1-3H3/b8-6+,9-7+,13-11+,15-12+. The van der Waals surface area contributed by atoms with Gasteiger partial charge in [0, 0.05) is 12.8 Å². The first-order chi connectivity index (χ1) is 22.2. The van der Waals surface area contributed by atoms with Crippen molar-refractivity contribution >= 4 is 5.97 Å². The van der Waals surface area contributed by atoms with Gasteiger partial charge in [-0.1, -0.05) is 74.8 Å². The number of hydrogen-bond acceptors (Lipinski definition) is 12. The first-order valence-corrected chi connectivity index (χ1v) is 16.9. The summed E-state index contributed by atoms with van der Waals surface area (Å²) in [5, 5.41) is 95.3. The van der Waals surface area contributed by atoms with Crippen molar-refractivity contribution in [2.45, 2.75) is 158 Å². The quantitative estimate of drug-likeness (QED) is 0.114. The lowest BCUT2D eigenvalue weighted by molar-refractivity contribution is -0.168. The highest BCUT2D eigenvalue weighted by molar-refractivity contribution is 5.74. The molecule has 270 valence electrons. The van der Waals surface area contributed by atoms with Gasteiger partial charge in [-0.05, 0) is 46.0 Å². The Hall–Kier alpha value is -1.97. The van der Waals surface area contributed by atoms with Crippen molar-refractivity contribution in [3.63, 3.8) is 0 Å². The summed E-state index contributed by atoms with van der Waals surface area (Å²) in [4.78, 5) is 13.2. The maximum Gasteiger partial charge on any atom is 0.314 e. The van der Waals surface area contributed by atoms with Gasteiger partial charge in [0.25, 0.3) is 0 Å². The van der Waals surface area contributed by atoms with Crippen LogP contribution in [0.25, 0.3) is 0 Å². The fourth-order valence-corrected chi connectivity index (χ4v) is 5.83. The van der Waals surface area contributed by atoms with Crippen LogP contribution in [0.2, 0.25) is 0 Å². The van der Waals surface area contributed by atoms with Crippen LogP contribution in [0.3, 0.4) is 0 Å². The zero-order valence-electron chi connectivity index (χ0n) is 27.9. The van der Waals surface area contributed by atoms with Gasteiger partial charge in [-0.3, -0.25) is 4.79 Å². The van der Waals surface area contributed by atoms with E-state index in [0.29, 0.717) is 6.42 Å². The third-order valence-electron chi connectivity index (χ3n) is 8.87. The number of hydrogen-bond donors (Lipinski definition) is 9. The number of ether oxygens (including phenoxy) is 2. The molecular formula is C35H58O12. The van der Waals surface area contributed by atoms with Gasteiger partial charge in [-0.2, -0.15) is 0 Å². The Labute approximate surface area is 278 Å². The summed E-state index contributed by atoms with van der Waals surface area (Å²) < 4.78 is 11.1. The van der Waals surface area contributed by atoms with Crippen molar-refractivity contribution in [2.24, 2.45) is 5.92 Å². The molecule has 0 aliphatic carbocycles. The summed E-state index contributed by atoms with van der Waals surface area (Å²) in [5.41, 5.74) is -0.890. The summed E-state index contributed by atoms with van der Waals surface area (Å²) in [6.07, 6.45) is 2.39. The van der Waals surface area contributed by atoms with Gasteiger partial charge in [-0.15, -0.1) is 0 Å². The zero-order valence-corrected chi connectivity index (χ0v) is 27.9. The third-order valence-corrected chi connectivity index (χ3v) is 8.87. The topological polar surface area (TPSA) is 221 Å². The minimum absolute atomic E-state index is 0.0532. The molecule has 12 nitrogen and oxygen atoms in total. The number of cyclic esters (lactones) is 1. The van der Waals surface area contributed by atoms with Crippen LogP contribution in [0, 0.1) is 5.92 Å². The largest absolute Gasteiger partial charge is 0.459 e. The molecule has 2 aliphatic rings. The molecular weight excluding hydrogens is 612 g/mol. The van der Waals surface area contributed by atoms with Crippen LogP contribution < -0.4 is 0 Å². The van der Waals surface area contributed by atoms with Gasteiger partial charge >= 0.3 is 5.97 Å². The van der Waals surface area contributed by atoms with Crippen LogP contribution in [-0.4, -0.2) is 125 Å². The van der Waals surface area contributed by atoms with Crippen molar-refractivity contribution in [1.29, 1.82) is 0 Å². The van der Waals surface area contributed by atoms with Crippen LogP contribution in [0.1, 0.15) is 85.0 Å². The van der Waals surface area contributed by atoms with Gasteiger partial charge in [0.1, 0.15) is 29.8 Å². The van der Waals surface area contributed by atoms with E-state index in [1.165, 1.54) is 13.0 Å². The van der Waals surface area contributed by atoms with Crippen LogP contribution >= 0.6 is 0 Å². The maximum absolute atomic E-state index is 13.2. The average Bonchev–Trinajstić information content (AvgIpc) is 3.64. The smallest absolute Gasteiger partial charge is 0.314 e. The Morgan fingerprint density at radius 3 is 1.79 bits per heavy atom. The van der Waals surface area contributed by atoms with Crippen molar-refractivity contribution in [2.75, 3.05) is 0 Å². The van der Waals surface area contributed by atoms with E-state index < -0.39 is 78.5 Å². The molecule has 12 heteroatoms. The van der Waals surface area contributed by atoms with Gasteiger partial charge in [0.2, 0.25) is 0 Å². The van der Waals surface area contributed by atoms with Crippen molar-refractivity contribution in [1.82, 2.24) is 0 Å². The van der Waals surface area contributed by atoms with E-state index in [0.717, 1.165) is 12.8 Å². The van der Waals surface area contributed by atoms with Crippen LogP contribution in [-0.2, 0) is 14.3 Å². The minimum Gasteiger partial charge on any atom is -0.459 e. The predicted molar refractivity (Wildman–Crippen MR) is 175 cm³/mol. The van der Waals surface area contributed by atoms with Gasteiger partial charge in [0.05, 0.1) is 48.8 Å². The third kappa shape index (κ3) is 14.6. The number of carbonyl (C=O) groups excluding carboxylic acids is 1. The normalized spacial score (nSPS) is 42.5. The molecule has 0 aromatic carbocycles. The lowest BCUT2D eigenvalue weighted by atomic mass is 9.87. The van der Waals surface area contributed by atoms with Crippen molar-refractivity contribution < 1.29 is 60.2 Å². The van der Waals surface area contributed by atoms with Crippen LogP contribution in [0.5, 0.6) is 0 Å². The second-order valence-electron chi connectivity index (χ2n) is 13.2. The highest BCUT2D eigenvalue weighted by atomic mass is 16.6. The molecule has 0 saturated carbocycles. The Morgan fingerprint density at radius 2 is 1.23 bits per heavy atom. The van der Waals surface area contributed by atoms with Crippen molar-refractivity contribution in [3.05, 3.63) is 48.6 Å². The summed E-state index contributed by atoms with van der Waals surface area (Å²) >= 11 is 0. The molecule has 0 radical (unpaired) electrons. The number of esters is 1. The van der Waals surface area contributed by atoms with E-state index >= 15 is 0 Å². The van der Waals surface area contributed by atoms with E-state index in [-0.39, 0.29) is 51.0 Å². The van der Waals surface area contributed by atoms with Crippen LogP contribution in [0.4, 0.5) is 0 Å². The molecule has 2 heterocycles. The van der Waals surface area contributed by atoms with Crippen molar-refractivity contribution in [3.8, 4) is 0 Å². The molecule has 0 aromatic rings. The molecule has 2 rings (SSSR count). The number of unbranched alkanes of at least 4 members (excludes halogenated alkanes) is 2. The average molecular weight is 671 g/mol. The second kappa shape index (κ2) is 20.5. The van der Waals surface area contributed by atoms with E-state index in [4.69, 9.17) is 9.47 Å². The first kappa shape index (κ1) is 41.2. The van der Waals surface area contributed by atoms with E-state index in [1.54, 1.807) is 49.5 Å². The van der Waals surface area contributed by atoms with E-state index in [9.17, 15) is 50.8 Å². The SMILES string of the molecule is CCCCCC(O)C1C(=O)OC(C)C(O)/C=C/C=C/C=C/C=C/C2OC2(C)C(O)CC(O)CC(O)CC(O)CC(O)CC(O)CC1O. The molecule has 0 spiro atoms. The highest BCUT2D eigenvalue weighted by Gasteiger charge is 2.56. The Balaban J connectivity index is 2.19. The van der Waals surface area contributed by atoms with Gasteiger partial charge in [-0.25, -0.2) is 0 Å². The number of aliphatic hydroxyl groups excluding tert-OH is 9. The summed E-state index contributed by atoms with van der Waals surface area (Å²) in [6.45, 7) is 5.19. The number of allylic oxidation sites excluding steroid dienone is 6. The molecule has 2 aliphatic heterocycles. The lowest BCUT2D eigenvalue weighted by Gasteiger charge is -2.29. The van der Waals surface area contributed by atoms with Crippen LogP contribution in [0.15, 0.2) is 48.6 Å². The fourth-order valence-electron chi connectivity index (χ4n) is 5.83. The molecule has 0 bridgehead atoms. The molecule has 0 amide bonds. The molecule has 13 unspecified atom stereocenters. The number of epoxide rings is 1. The predicted octanol–water partition coefficient (Wildman–Crippen LogP) is 1.10. The second-order valence-corrected chi connectivity index (χ2v) is 13.2. The summed E-state index contributed by atoms with van der Waals surface area (Å²) in [7, 11) is 0. The first-order valence-electron chi connectivity index (χ1n) is 16.9. The van der Waals surface area contributed by atoms with Gasteiger partial charge < -0.3 is 55.4 Å². The molecule has 1 fully saturated rings. The molecule has 13 atom stereocenters. The summed E-state index contributed by atoms with van der Waals surface area (Å²) in [5.74, 6) is -2.34.